The van der Waals surface area contributed by atoms with Gasteiger partial charge in [-0.15, -0.1) is 0 Å². The summed E-state index contributed by atoms with van der Waals surface area (Å²) in [6.45, 7) is -0.0433. The van der Waals surface area contributed by atoms with Gasteiger partial charge >= 0.3 is 5.97 Å². The third-order valence-electron chi connectivity index (χ3n) is 4.88. The second-order valence-electron chi connectivity index (χ2n) is 6.80. The van der Waals surface area contributed by atoms with Crippen LogP contribution < -0.4 is 0 Å². The molecule has 0 radical (unpaired) electrons. The highest BCUT2D eigenvalue weighted by Gasteiger charge is 2.52. The second-order valence-corrected chi connectivity index (χ2v) is 6.80. The van der Waals surface area contributed by atoms with Gasteiger partial charge in [0.1, 0.15) is 54.9 Å². The van der Waals surface area contributed by atoms with Crippen LogP contribution in [0.25, 0.3) is 0 Å². The summed E-state index contributed by atoms with van der Waals surface area (Å²) in [5.41, 5.74) is 0. The van der Waals surface area contributed by atoms with Gasteiger partial charge in [0.15, 0.2) is 12.4 Å². The van der Waals surface area contributed by atoms with E-state index in [2.05, 4.69) is 4.74 Å². The normalized spacial score (nSPS) is 44.3. The maximum atomic E-state index is 11.7. The van der Waals surface area contributed by atoms with Crippen LogP contribution in [-0.2, 0) is 23.7 Å². The van der Waals surface area contributed by atoms with Crippen molar-refractivity contribution < 1.29 is 64.6 Å². The van der Waals surface area contributed by atoms with Gasteiger partial charge in [-0.1, -0.05) is 0 Å². The number of hydrogen-bond acceptors (Lipinski definition) is 13. The van der Waals surface area contributed by atoms with Crippen molar-refractivity contribution in [2.24, 2.45) is 0 Å². The largest absolute Gasteiger partial charge is 0.464 e. The van der Waals surface area contributed by atoms with Gasteiger partial charge in [0.2, 0.25) is 0 Å². The summed E-state index contributed by atoms with van der Waals surface area (Å²) in [6, 6.07) is 0. The number of carbonyl (C=O) groups is 1. The molecule has 11 atom stereocenters. The summed E-state index contributed by atoms with van der Waals surface area (Å²) >= 11 is 0. The zero-order valence-corrected chi connectivity index (χ0v) is 15.6. The molecule has 0 saturated carbocycles. The molecule has 2 fully saturated rings. The number of esters is 1. The van der Waals surface area contributed by atoms with Crippen molar-refractivity contribution in [1.82, 2.24) is 0 Å². The molecule has 2 aliphatic heterocycles. The van der Waals surface area contributed by atoms with Crippen molar-refractivity contribution in [2.45, 2.75) is 74.3 Å². The molecule has 0 aromatic rings. The summed E-state index contributed by atoms with van der Waals surface area (Å²) < 4.78 is 20.5. The lowest BCUT2D eigenvalue weighted by atomic mass is 9.91. The average molecular weight is 428 g/mol. The summed E-state index contributed by atoms with van der Waals surface area (Å²) in [4.78, 5) is 11.7. The molecule has 2 heterocycles. The maximum Gasteiger partial charge on any atom is 0.337 e. The predicted octanol–water partition coefficient (Wildman–Crippen LogP) is -5.42. The molecule has 0 aliphatic carbocycles. The van der Waals surface area contributed by atoms with Gasteiger partial charge in [0.25, 0.3) is 0 Å². The van der Waals surface area contributed by atoms with Crippen LogP contribution in [0.1, 0.15) is 6.92 Å². The van der Waals surface area contributed by atoms with Crippen LogP contribution in [0.4, 0.5) is 0 Å². The summed E-state index contributed by atoms with van der Waals surface area (Å²) in [5, 5.41) is 79.1. The molecule has 13 nitrogen and oxygen atoms in total. The number of hydrogen-bond donors (Lipinski definition) is 8. The van der Waals surface area contributed by atoms with Gasteiger partial charge in [-0.25, -0.2) is 4.79 Å². The van der Waals surface area contributed by atoms with Crippen molar-refractivity contribution in [3.8, 4) is 0 Å². The van der Waals surface area contributed by atoms with Gasteiger partial charge in [-0.05, 0) is 6.92 Å². The Morgan fingerprint density at radius 2 is 1.52 bits per heavy atom. The number of rotatable bonds is 7. The van der Waals surface area contributed by atoms with Crippen LogP contribution in [0.2, 0.25) is 0 Å². The van der Waals surface area contributed by atoms with Crippen molar-refractivity contribution in [1.29, 1.82) is 0 Å². The van der Waals surface area contributed by atoms with Crippen LogP contribution in [-0.4, -0.2) is 134 Å². The minimum Gasteiger partial charge on any atom is -0.464 e. The minimum absolute atomic E-state index is 0.0481. The molecular formula is C16H28O13. The fourth-order valence-corrected chi connectivity index (χ4v) is 3.24. The third-order valence-corrected chi connectivity index (χ3v) is 4.88. The fourth-order valence-electron chi connectivity index (χ4n) is 3.24. The van der Waals surface area contributed by atoms with Gasteiger partial charge < -0.3 is 59.8 Å². The van der Waals surface area contributed by atoms with Gasteiger partial charge in [0.05, 0.1) is 19.8 Å². The Morgan fingerprint density at radius 1 is 0.897 bits per heavy atom. The van der Waals surface area contributed by atoms with E-state index in [1.165, 1.54) is 6.92 Å². The Bertz CT molecular complexity index is 529. The SMILES string of the molecule is CCOC(=O)C(O)C1O[C@H](CO)[C@@H](OC2O[C@H](CO)[C@H](O)[C@H](O)[C@H]2O)[C@H](O)[C@H]1O. The highest BCUT2D eigenvalue weighted by Crippen LogP contribution is 2.30. The van der Waals surface area contributed by atoms with E-state index in [1.807, 2.05) is 0 Å². The Labute approximate surface area is 165 Å². The van der Waals surface area contributed by atoms with Gasteiger partial charge in [-0.3, -0.25) is 0 Å². The highest BCUT2D eigenvalue weighted by molar-refractivity contribution is 5.75. The monoisotopic (exact) mass is 428 g/mol. The molecular weight excluding hydrogens is 400 g/mol. The fraction of sp³-hybridized carbons (Fsp3) is 0.938. The molecule has 0 aromatic heterocycles. The quantitative estimate of drug-likeness (QED) is 0.178. The minimum atomic E-state index is -1.96. The van der Waals surface area contributed by atoms with E-state index in [0.717, 1.165) is 0 Å². The number of carbonyl (C=O) groups excluding carboxylic acids is 1. The van der Waals surface area contributed by atoms with Crippen LogP contribution in [0, 0.1) is 0 Å². The summed E-state index contributed by atoms with van der Waals surface area (Å²) in [6.07, 6.45) is -18.3. The molecule has 8 N–H and O–H groups in total. The number of ether oxygens (including phenoxy) is 4. The Balaban J connectivity index is 2.14. The van der Waals surface area contributed by atoms with Crippen molar-refractivity contribution >= 4 is 5.97 Å². The Hall–Kier alpha value is -0.970. The van der Waals surface area contributed by atoms with Crippen LogP contribution in [0.3, 0.4) is 0 Å². The lowest BCUT2D eigenvalue weighted by Gasteiger charge is -2.46. The van der Waals surface area contributed by atoms with E-state index in [-0.39, 0.29) is 6.61 Å². The zero-order chi connectivity index (χ0) is 21.9. The van der Waals surface area contributed by atoms with Crippen molar-refractivity contribution in [3.05, 3.63) is 0 Å². The molecule has 0 spiro atoms. The summed E-state index contributed by atoms with van der Waals surface area (Å²) in [5.74, 6) is -1.10. The summed E-state index contributed by atoms with van der Waals surface area (Å²) in [7, 11) is 0. The third kappa shape index (κ3) is 5.03. The van der Waals surface area contributed by atoms with Crippen LogP contribution >= 0.6 is 0 Å². The lowest BCUT2D eigenvalue weighted by molar-refractivity contribution is -0.344. The predicted molar refractivity (Wildman–Crippen MR) is 89.0 cm³/mol. The molecule has 2 rings (SSSR count). The Morgan fingerprint density at radius 3 is 2.07 bits per heavy atom. The molecule has 2 aliphatic rings. The molecule has 29 heavy (non-hydrogen) atoms. The smallest absolute Gasteiger partial charge is 0.337 e. The van der Waals surface area contributed by atoms with E-state index in [0.29, 0.717) is 0 Å². The average Bonchev–Trinajstić information content (AvgIpc) is 2.71. The molecule has 0 bridgehead atoms. The molecule has 2 saturated heterocycles. The Kier molecular flexibility index (Phi) is 8.69. The van der Waals surface area contributed by atoms with Gasteiger partial charge in [-0.2, -0.15) is 0 Å². The van der Waals surface area contributed by atoms with Crippen molar-refractivity contribution in [2.75, 3.05) is 19.8 Å². The highest BCUT2D eigenvalue weighted by atomic mass is 16.7. The maximum absolute atomic E-state index is 11.7. The molecule has 0 aromatic carbocycles. The van der Waals surface area contributed by atoms with E-state index in [1.54, 1.807) is 0 Å². The first-order valence-corrected chi connectivity index (χ1v) is 9.11. The standard InChI is InChI=1S/C16H28O13/c1-2-26-15(25)12(24)14-10(22)9(21)13(6(4-18)27-14)29-16-11(23)8(20)7(19)5(3-17)28-16/h5-14,16-24H,2-4H2,1H3/t5-,6-,7+,8+,9-,10-,11-,12?,13-,14?,16?/m1/s1. The first-order chi connectivity index (χ1) is 13.7. The number of aliphatic hydroxyl groups excluding tert-OH is 8. The van der Waals surface area contributed by atoms with E-state index in [9.17, 15) is 45.6 Å². The number of aliphatic hydroxyl groups is 8. The van der Waals surface area contributed by atoms with E-state index >= 15 is 0 Å². The molecule has 13 heteroatoms. The van der Waals surface area contributed by atoms with Crippen molar-refractivity contribution in [3.63, 3.8) is 0 Å². The van der Waals surface area contributed by atoms with E-state index < -0.39 is 86.5 Å². The second kappa shape index (κ2) is 10.4. The lowest BCUT2D eigenvalue weighted by Crippen LogP contribution is -2.66. The van der Waals surface area contributed by atoms with E-state index in [4.69, 9.17) is 14.2 Å². The molecule has 0 amide bonds. The molecule has 3 unspecified atom stereocenters. The topological polar surface area (TPSA) is 216 Å². The first-order valence-electron chi connectivity index (χ1n) is 9.11. The first kappa shape index (κ1) is 24.3. The van der Waals surface area contributed by atoms with Gasteiger partial charge in [0, 0.05) is 0 Å². The van der Waals surface area contributed by atoms with Crippen LogP contribution in [0.15, 0.2) is 0 Å². The van der Waals surface area contributed by atoms with Crippen LogP contribution in [0.5, 0.6) is 0 Å². The zero-order valence-electron chi connectivity index (χ0n) is 15.6. The molecule has 170 valence electrons.